The van der Waals surface area contributed by atoms with Crippen molar-refractivity contribution in [3.05, 3.63) is 46.7 Å². The van der Waals surface area contributed by atoms with Gasteiger partial charge in [0.05, 0.1) is 5.57 Å². The number of carbonyl (C=O) groups is 2. The fourth-order valence-electron chi connectivity index (χ4n) is 3.48. The predicted molar refractivity (Wildman–Crippen MR) is 87.7 cm³/mol. The highest BCUT2D eigenvalue weighted by Crippen LogP contribution is 2.34. The van der Waals surface area contributed by atoms with E-state index in [9.17, 15) is 9.59 Å². The van der Waals surface area contributed by atoms with E-state index in [2.05, 4.69) is 5.32 Å². The van der Waals surface area contributed by atoms with Crippen molar-refractivity contribution < 1.29 is 14.3 Å². The molecule has 1 aliphatic heterocycles. The summed E-state index contributed by atoms with van der Waals surface area (Å²) in [6, 6.07) is 8.01. The molecule has 1 atom stereocenters. The molecule has 2 aliphatic rings. The molecule has 23 heavy (non-hydrogen) atoms. The Hall–Kier alpha value is -2.10. The van der Waals surface area contributed by atoms with E-state index >= 15 is 0 Å². The molecular formula is C19H23NO3. The standard InChI is InChI=1S/C19H23NO3/c1-12-7-9-14(10-8-12)16-11-17(21)20-13(2)18(16)19(22)23-15-5-3-4-6-15/h7-10,15-16H,3-6,11H2,1-2H3,(H,20,21). The third-order valence-electron chi connectivity index (χ3n) is 4.74. The number of ether oxygens (including phenoxy) is 1. The van der Waals surface area contributed by atoms with Gasteiger partial charge in [0.25, 0.3) is 0 Å². The van der Waals surface area contributed by atoms with Gasteiger partial charge in [-0.05, 0) is 45.1 Å². The topological polar surface area (TPSA) is 55.4 Å². The third kappa shape index (κ3) is 3.46. The molecule has 122 valence electrons. The van der Waals surface area contributed by atoms with Crippen molar-refractivity contribution in [1.29, 1.82) is 0 Å². The number of nitrogens with one attached hydrogen (secondary N) is 1. The van der Waals surface area contributed by atoms with Crippen LogP contribution in [0.25, 0.3) is 0 Å². The Labute approximate surface area is 136 Å². The number of hydrogen-bond donors (Lipinski definition) is 1. The molecule has 1 fully saturated rings. The summed E-state index contributed by atoms with van der Waals surface area (Å²) in [6.07, 6.45) is 4.44. The van der Waals surface area contributed by atoms with Crippen molar-refractivity contribution in [3.8, 4) is 0 Å². The molecule has 0 spiro atoms. The maximum absolute atomic E-state index is 12.7. The van der Waals surface area contributed by atoms with Crippen LogP contribution in [0.1, 0.15) is 56.1 Å². The lowest BCUT2D eigenvalue weighted by molar-refractivity contribution is -0.144. The number of rotatable bonds is 3. The number of amides is 1. The SMILES string of the molecule is CC1=C(C(=O)OC2CCCC2)C(c2ccc(C)cc2)CC(=O)N1. The molecule has 4 heteroatoms. The average molecular weight is 313 g/mol. The lowest BCUT2D eigenvalue weighted by Crippen LogP contribution is -2.35. The normalized spacial score (nSPS) is 22.2. The van der Waals surface area contributed by atoms with Gasteiger partial charge in [0.2, 0.25) is 5.91 Å². The molecule has 0 bridgehead atoms. The Morgan fingerprint density at radius 1 is 1.13 bits per heavy atom. The van der Waals surface area contributed by atoms with Crippen molar-refractivity contribution in [2.45, 2.75) is 58.0 Å². The molecule has 0 saturated heterocycles. The molecule has 1 saturated carbocycles. The summed E-state index contributed by atoms with van der Waals surface area (Å²) < 4.78 is 5.68. The van der Waals surface area contributed by atoms with E-state index in [-0.39, 0.29) is 30.3 Å². The van der Waals surface area contributed by atoms with Crippen LogP contribution in [0, 0.1) is 6.92 Å². The number of allylic oxidation sites excluding steroid dienone is 1. The maximum atomic E-state index is 12.7. The van der Waals surface area contributed by atoms with E-state index < -0.39 is 0 Å². The van der Waals surface area contributed by atoms with Crippen molar-refractivity contribution >= 4 is 11.9 Å². The van der Waals surface area contributed by atoms with Gasteiger partial charge in [-0.25, -0.2) is 4.79 Å². The van der Waals surface area contributed by atoms with E-state index in [1.807, 2.05) is 31.2 Å². The Bertz CT molecular complexity index is 639. The molecular weight excluding hydrogens is 290 g/mol. The van der Waals surface area contributed by atoms with Crippen LogP contribution in [0.5, 0.6) is 0 Å². The fourth-order valence-corrected chi connectivity index (χ4v) is 3.48. The van der Waals surface area contributed by atoms with Gasteiger partial charge in [0.1, 0.15) is 6.10 Å². The van der Waals surface area contributed by atoms with Crippen LogP contribution in [-0.2, 0) is 14.3 Å². The van der Waals surface area contributed by atoms with Crippen molar-refractivity contribution in [1.82, 2.24) is 5.32 Å². The molecule has 0 aromatic heterocycles. The zero-order valence-corrected chi connectivity index (χ0v) is 13.7. The molecule has 1 aliphatic carbocycles. The predicted octanol–water partition coefficient (Wildman–Crippen LogP) is 3.36. The lowest BCUT2D eigenvalue weighted by atomic mass is 9.84. The van der Waals surface area contributed by atoms with E-state index in [4.69, 9.17) is 4.74 Å². The maximum Gasteiger partial charge on any atom is 0.336 e. The van der Waals surface area contributed by atoms with Crippen LogP contribution in [0.15, 0.2) is 35.5 Å². The van der Waals surface area contributed by atoms with E-state index in [1.54, 1.807) is 6.92 Å². The molecule has 1 heterocycles. The second-order valence-electron chi connectivity index (χ2n) is 6.57. The van der Waals surface area contributed by atoms with E-state index in [0.29, 0.717) is 11.3 Å². The fraction of sp³-hybridized carbons (Fsp3) is 0.474. The first kappa shape index (κ1) is 15.8. The highest BCUT2D eigenvalue weighted by Gasteiger charge is 2.34. The number of aryl methyl sites for hydroxylation is 1. The number of carbonyl (C=O) groups excluding carboxylic acids is 2. The highest BCUT2D eigenvalue weighted by atomic mass is 16.5. The smallest absolute Gasteiger partial charge is 0.336 e. The van der Waals surface area contributed by atoms with Crippen LogP contribution in [0.4, 0.5) is 0 Å². The van der Waals surface area contributed by atoms with E-state index in [1.165, 1.54) is 0 Å². The zero-order chi connectivity index (χ0) is 16.4. The molecule has 1 unspecified atom stereocenters. The number of esters is 1. The minimum Gasteiger partial charge on any atom is -0.459 e. The first-order valence-electron chi connectivity index (χ1n) is 8.33. The Morgan fingerprint density at radius 3 is 2.43 bits per heavy atom. The average Bonchev–Trinajstić information content (AvgIpc) is 3.00. The largest absolute Gasteiger partial charge is 0.459 e. The lowest BCUT2D eigenvalue weighted by Gasteiger charge is -2.27. The van der Waals surface area contributed by atoms with Crippen LogP contribution in [0.2, 0.25) is 0 Å². The van der Waals surface area contributed by atoms with E-state index in [0.717, 1.165) is 36.8 Å². The van der Waals surface area contributed by atoms with Crippen molar-refractivity contribution in [3.63, 3.8) is 0 Å². The molecule has 0 radical (unpaired) electrons. The summed E-state index contributed by atoms with van der Waals surface area (Å²) in [5.41, 5.74) is 3.36. The first-order chi connectivity index (χ1) is 11.0. The van der Waals surface area contributed by atoms with Crippen molar-refractivity contribution in [2.75, 3.05) is 0 Å². The van der Waals surface area contributed by atoms with Gasteiger partial charge in [0, 0.05) is 18.0 Å². The van der Waals surface area contributed by atoms with Gasteiger partial charge in [-0.2, -0.15) is 0 Å². The second kappa shape index (κ2) is 6.57. The molecule has 1 aromatic carbocycles. The summed E-state index contributed by atoms with van der Waals surface area (Å²) in [7, 11) is 0. The minimum atomic E-state index is -0.278. The molecule has 1 amide bonds. The van der Waals surface area contributed by atoms with Crippen LogP contribution < -0.4 is 5.32 Å². The summed E-state index contributed by atoms with van der Waals surface area (Å²) in [6.45, 7) is 3.80. The summed E-state index contributed by atoms with van der Waals surface area (Å²) >= 11 is 0. The molecule has 1 N–H and O–H groups in total. The monoisotopic (exact) mass is 313 g/mol. The molecule has 4 nitrogen and oxygen atoms in total. The summed E-state index contributed by atoms with van der Waals surface area (Å²) in [4.78, 5) is 24.6. The summed E-state index contributed by atoms with van der Waals surface area (Å²) in [5.74, 6) is -0.552. The van der Waals surface area contributed by atoms with Gasteiger partial charge in [-0.15, -0.1) is 0 Å². The van der Waals surface area contributed by atoms with Crippen LogP contribution >= 0.6 is 0 Å². The quantitative estimate of drug-likeness (QED) is 0.871. The van der Waals surface area contributed by atoms with Gasteiger partial charge < -0.3 is 10.1 Å². The number of hydrogen-bond acceptors (Lipinski definition) is 3. The van der Waals surface area contributed by atoms with Gasteiger partial charge in [0.15, 0.2) is 0 Å². The molecule has 3 rings (SSSR count). The Morgan fingerprint density at radius 2 is 1.78 bits per heavy atom. The minimum absolute atomic E-state index is 0.0269. The first-order valence-corrected chi connectivity index (χ1v) is 8.33. The molecule has 1 aromatic rings. The van der Waals surface area contributed by atoms with Crippen LogP contribution in [-0.4, -0.2) is 18.0 Å². The number of benzene rings is 1. The zero-order valence-electron chi connectivity index (χ0n) is 13.7. The van der Waals surface area contributed by atoms with Gasteiger partial charge in [-0.1, -0.05) is 29.8 Å². The Balaban J connectivity index is 1.88. The van der Waals surface area contributed by atoms with Gasteiger partial charge >= 0.3 is 5.97 Å². The van der Waals surface area contributed by atoms with Crippen LogP contribution in [0.3, 0.4) is 0 Å². The third-order valence-corrected chi connectivity index (χ3v) is 4.74. The second-order valence-corrected chi connectivity index (χ2v) is 6.57. The Kier molecular flexibility index (Phi) is 4.51. The summed E-state index contributed by atoms with van der Waals surface area (Å²) in [5, 5.41) is 2.79. The van der Waals surface area contributed by atoms with Crippen molar-refractivity contribution in [2.24, 2.45) is 0 Å². The van der Waals surface area contributed by atoms with Gasteiger partial charge in [-0.3, -0.25) is 4.79 Å². The highest BCUT2D eigenvalue weighted by molar-refractivity contribution is 5.95.